The van der Waals surface area contributed by atoms with E-state index in [4.69, 9.17) is 22.1 Å². The minimum Gasteiger partial charge on any atom is -0.384 e. The van der Waals surface area contributed by atoms with E-state index >= 15 is 0 Å². The van der Waals surface area contributed by atoms with Gasteiger partial charge in [0, 0.05) is 49.8 Å². The second-order valence-electron chi connectivity index (χ2n) is 9.42. The summed E-state index contributed by atoms with van der Waals surface area (Å²) in [5, 5.41) is 0.756. The minimum absolute atomic E-state index is 0.145. The number of nitrogens with zero attached hydrogens (tertiary/aromatic N) is 3. The Morgan fingerprint density at radius 3 is 2.45 bits per heavy atom. The van der Waals surface area contributed by atoms with Gasteiger partial charge in [0.25, 0.3) is 0 Å². The Labute approximate surface area is 202 Å². The van der Waals surface area contributed by atoms with Crippen LogP contribution in [0.15, 0.2) is 42.6 Å². The van der Waals surface area contributed by atoms with Gasteiger partial charge >= 0.3 is 0 Å². The summed E-state index contributed by atoms with van der Waals surface area (Å²) in [6.45, 7) is 5.14. The molecule has 0 spiro atoms. The molecule has 7 heteroatoms. The third-order valence-electron chi connectivity index (χ3n) is 7.25. The van der Waals surface area contributed by atoms with Crippen molar-refractivity contribution in [1.82, 2.24) is 14.8 Å². The van der Waals surface area contributed by atoms with Crippen molar-refractivity contribution in [3.63, 3.8) is 0 Å². The Bertz CT molecular complexity index is 907. The van der Waals surface area contributed by atoms with Crippen LogP contribution in [0, 0.1) is 11.8 Å². The molecule has 4 rings (SSSR count). The van der Waals surface area contributed by atoms with Gasteiger partial charge < -0.3 is 15.4 Å². The van der Waals surface area contributed by atoms with Crippen LogP contribution in [0.1, 0.15) is 42.7 Å². The number of hydrogen-bond acceptors (Lipinski definition) is 5. The van der Waals surface area contributed by atoms with Crippen LogP contribution in [-0.4, -0.2) is 60.6 Å². The molecule has 178 valence electrons. The molecule has 3 heterocycles. The highest BCUT2D eigenvalue weighted by molar-refractivity contribution is 6.30. The first-order chi connectivity index (χ1) is 16.0. The van der Waals surface area contributed by atoms with Crippen molar-refractivity contribution in [3.8, 4) is 0 Å². The molecule has 2 fully saturated rings. The first kappa shape index (κ1) is 24.0. The number of nitrogens with two attached hydrogens (primary N) is 1. The zero-order valence-electron chi connectivity index (χ0n) is 19.5. The van der Waals surface area contributed by atoms with Crippen LogP contribution < -0.4 is 5.73 Å². The van der Waals surface area contributed by atoms with Crippen LogP contribution in [0.2, 0.25) is 5.02 Å². The number of halogens is 1. The quantitative estimate of drug-likeness (QED) is 0.656. The molecule has 1 aromatic heterocycles. The Balaban J connectivity index is 1.26. The lowest BCUT2D eigenvalue weighted by Crippen LogP contribution is -2.46. The molecule has 33 heavy (non-hydrogen) atoms. The SMILES string of the molecule is COCC(c1ccc(Cl)cc1)C1CCN(C(=O)C2CCN(Cc3ccnc(N)c3)CC2)CC1. The van der Waals surface area contributed by atoms with Crippen molar-refractivity contribution in [2.75, 3.05) is 45.6 Å². The van der Waals surface area contributed by atoms with Crippen LogP contribution in [0.5, 0.6) is 0 Å². The average molecular weight is 471 g/mol. The Morgan fingerprint density at radius 1 is 1.12 bits per heavy atom. The van der Waals surface area contributed by atoms with Crippen LogP contribution in [0.25, 0.3) is 0 Å². The van der Waals surface area contributed by atoms with E-state index in [9.17, 15) is 4.79 Å². The molecule has 2 aliphatic heterocycles. The zero-order valence-corrected chi connectivity index (χ0v) is 20.2. The molecule has 1 unspecified atom stereocenters. The zero-order chi connectivity index (χ0) is 23.2. The lowest BCUT2D eigenvalue weighted by molar-refractivity contribution is -0.138. The van der Waals surface area contributed by atoms with Crippen molar-refractivity contribution in [2.45, 2.75) is 38.1 Å². The van der Waals surface area contributed by atoms with Gasteiger partial charge in [0.15, 0.2) is 0 Å². The molecule has 6 nitrogen and oxygen atoms in total. The number of hydrogen-bond donors (Lipinski definition) is 1. The van der Waals surface area contributed by atoms with Gasteiger partial charge in [0.2, 0.25) is 5.91 Å². The van der Waals surface area contributed by atoms with Gasteiger partial charge in [0.05, 0.1) is 6.61 Å². The Morgan fingerprint density at radius 2 is 1.82 bits per heavy atom. The van der Waals surface area contributed by atoms with Crippen molar-refractivity contribution in [1.29, 1.82) is 0 Å². The molecule has 0 radical (unpaired) electrons. The number of piperidine rings is 2. The number of ether oxygens (including phenoxy) is 1. The highest BCUT2D eigenvalue weighted by Crippen LogP contribution is 2.34. The summed E-state index contributed by atoms with van der Waals surface area (Å²) in [4.78, 5) is 21.8. The summed E-state index contributed by atoms with van der Waals surface area (Å²) in [6.07, 6.45) is 5.65. The van der Waals surface area contributed by atoms with E-state index in [2.05, 4.69) is 26.9 Å². The van der Waals surface area contributed by atoms with Crippen molar-refractivity contribution >= 4 is 23.3 Å². The Hall–Kier alpha value is -2.15. The fraction of sp³-hybridized carbons (Fsp3) is 0.538. The number of anilines is 1. The van der Waals surface area contributed by atoms with E-state index in [0.717, 1.165) is 63.4 Å². The molecule has 1 amide bonds. The summed E-state index contributed by atoms with van der Waals surface area (Å²) < 4.78 is 5.54. The fourth-order valence-corrected chi connectivity index (χ4v) is 5.49. The number of aromatic nitrogens is 1. The molecule has 2 aliphatic rings. The summed E-state index contributed by atoms with van der Waals surface area (Å²) in [7, 11) is 1.76. The molecular weight excluding hydrogens is 436 g/mol. The number of amides is 1. The smallest absolute Gasteiger partial charge is 0.225 e. The molecule has 1 atom stereocenters. The highest BCUT2D eigenvalue weighted by Gasteiger charge is 2.33. The van der Waals surface area contributed by atoms with Gasteiger partial charge in [-0.05, 0) is 80.1 Å². The number of methoxy groups -OCH3 is 1. The predicted molar refractivity (Wildman–Crippen MR) is 132 cm³/mol. The van der Waals surface area contributed by atoms with Crippen LogP contribution in [-0.2, 0) is 16.1 Å². The summed E-state index contributed by atoms with van der Waals surface area (Å²) >= 11 is 6.08. The topological polar surface area (TPSA) is 71.7 Å². The van der Waals surface area contributed by atoms with Crippen molar-refractivity contribution < 1.29 is 9.53 Å². The number of benzene rings is 1. The number of likely N-dealkylation sites (tertiary alicyclic amines) is 2. The molecular formula is C26H35ClN4O2. The maximum Gasteiger partial charge on any atom is 0.225 e. The van der Waals surface area contributed by atoms with E-state index in [1.54, 1.807) is 13.3 Å². The van der Waals surface area contributed by atoms with Gasteiger partial charge in [-0.3, -0.25) is 9.69 Å². The number of rotatable bonds is 7. The molecule has 2 N–H and O–H groups in total. The number of carbonyl (C=O) groups excluding carboxylic acids is 1. The first-order valence-corrected chi connectivity index (χ1v) is 12.4. The molecule has 0 bridgehead atoms. The van der Waals surface area contributed by atoms with E-state index < -0.39 is 0 Å². The predicted octanol–water partition coefficient (Wildman–Crippen LogP) is 4.20. The molecule has 2 saturated heterocycles. The third-order valence-corrected chi connectivity index (χ3v) is 7.51. The molecule has 0 aliphatic carbocycles. The summed E-state index contributed by atoms with van der Waals surface area (Å²) in [5.74, 6) is 1.91. The van der Waals surface area contributed by atoms with E-state index in [1.165, 1.54) is 11.1 Å². The number of pyridine rings is 1. The maximum absolute atomic E-state index is 13.2. The Kier molecular flexibility index (Phi) is 8.23. The summed E-state index contributed by atoms with van der Waals surface area (Å²) in [6, 6.07) is 12.1. The largest absolute Gasteiger partial charge is 0.384 e. The van der Waals surface area contributed by atoms with Gasteiger partial charge in [0.1, 0.15) is 5.82 Å². The van der Waals surface area contributed by atoms with Gasteiger partial charge in [-0.1, -0.05) is 23.7 Å². The maximum atomic E-state index is 13.2. The monoisotopic (exact) mass is 470 g/mol. The van der Waals surface area contributed by atoms with E-state index in [0.29, 0.717) is 30.2 Å². The molecule has 0 saturated carbocycles. The minimum atomic E-state index is 0.145. The number of carbonyl (C=O) groups is 1. The van der Waals surface area contributed by atoms with E-state index in [-0.39, 0.29) is 5.92 Å². The standard InChI is InChI=1S/C26H35ClN4O2/c1-33-18-24(20-2-4-23(27)5-3-20)21-9-14-31(15-10-21)26(32)22-7-12-30(13-8-22)17-19-6-11-29-25(28)16-19/h2-6,11,16,21-22,24H,7-10,12-15,17-18H2,1H3,(H2,28,29). The van der Waals surface area contributed by atoms with Gasteiger partial charge in [-0.15, -0.1) is 0 Å². The van der Waals surface area contributed by atoms with Gasteiger partial charge in [-0.25, -0.2) is 4.98 Å². The highest BCUT2D eigenvalue weighted by atomic mass is 35.5. The van der Waals surface area contributed by atoms with Crippen molar-refractivity contribution in [2.24, 2.45) is 11.8 Å². The molecule has 2 aromatic rings. The van der Waals surface area contributed by atoms with Crippen LogP contribution in [0.4, 0.5) is 5.82 Å². The number of nitrogen functional groups attached to an aromatic ring is 1. The van der Waals surface area contributed by atoms with Crippen LogP contribution in [0.3, 0.4) is 0 Å². The fourth-order valence-electron chi connectivity index (χ4n) is 5.36. The lowest BCUT2D eigenvalue weighted by Gasteiger charge is -2.39. The van der Waals surface area contributed by atoms with Crippen molar-refractivity contribution in [3.05, 3.63) is 58.7 Å². The first-order valence-electron chi connectivity index (χ1n) is 12.0. The second-order valence-corrected chi connectivity index (χ2v) is 9.85. The van der Waals surface area contributed by atoms with E-state index in [1.807, 2.05) is 24.3 Å². The second kappa shape index (κ2) is 11.3. The average Bonchev–Trinajstić information content (AvgIpc) is 2.83. The van der Waals surface area contributed by atoms with Crippen LogP contribution >= 0.6 is 11.6 Å². The lowest BCUT2D eigenvalue weighted by atomic mass is 9.80. The third kappa shape index (κ3) is 6.25. The normalized spacial score (nSPS) is 19.5. The van der Waals surface area contributed by atoms with Gasteiger partial charge in [-0.2, -0.15) is 0 Å². The molecule has 1 aromatic carbocycles. The summed E-state index contributed by atoms with van der Waals surface area (Å²) in [5.41, 5.74) is 8.25.